The van der Waals surface area contributed by atoms with Crippen molar-refractivity contribution in [2.45, 2.75) is 13.5 Å². The summed E-state index contributed by atoms with van der Waals surface area (Å²) in [6, 6.07) is 10.2. The highest BCUT2D eigenvalue weighted by atomic mass is 19.2. The Hall–Kier alpha value is -4.59. The van der Waals surface area contributed by atoms with Crippen molar-refractivity contribution >= 4 is 17.5 Å². The summed E-state index contributed by atoms with van der Waals surface area (Å²) in [5.41, 5.74) is 2.30. The number of imidazole rings is 1. The number of esters is 1. The van der Waals surface area contributed by atoms with E-state index in [0.29, 0.717) is 22.6 Å². The number of hydrogen-bond donors (Lipinski definition) is 2. The van der Waals surface area contributed by atoms with Crippen LogP contribution in [0.4, 0.5) is 24.7 Å². The van der Waals surface area contributed by atoms with E-state index < -0.39 is 23.4 Å². The van der Waals surface area contributed by atoms with Crippen LogP contribution in [0.5, 0.6) is 0 Å². The maximum Gasteiger partial charge on any atom is 0.356 e. The van der Waals surface area contributed by atoms with Gasteiger partial charge in [-0.3, -0.25) is 4.68 Å². The summed E-state index contributed by atoms with van der Waals surface area (Å²) >= 11 is 0. The van der Waals surface area contributed by atoms with Crippen LogP contribution in [0.1, 0.15) is 27.3 Å². The summed E-state index contributed by atoms with van der Waals surface area (Å²) in [6.07, 6.45) is 1.72. The molecular weight excluding hydrogens is 449 g/mol. The lowest BCUT2D eigenvalue weighted by atomic mass is 10.1. The first-order valence-electron chi connectivity index (χ1n) is 9.92. The summed E-state index contributed by atoms with van der Waals surface area (Å²) in [5, 5.41) is 16.8. The van der Waals surface area contributed by atoms with E-state index in [-0.39, 0.29) is 23.6 Å². The van der Waals surface area contributed by atoms with Crippen molar-refractivity contribution < 1.29 is 22.7 Å². The first kappa shape index (κ1) is 22.6. The average Bonchev–Trinajstić information content (AvgIpc) is 3.42. The number of ether oxygens (including phenoxy) is 1. The monoisotopic (exact) mass is 466 g/mol. The zero-order valence-electron chi connectivity index (χ0n) is 18.0. The van der Waals surface area contributed by atoms with Crippen molar-refractivity contribution in [3.63, 3.8) is 0 Å². The Morgan fingerprint density at radius 3 is 2.56 bits per heavy atom. The van der Waals surface area contributed by atoms with E-state index in [9.17, 15) is 23.2 Å². The Labute approximate surface area is 191 Å². The largest absolute Gasteiger partial charge is 0.464 e. The third kappa shape index (κ3) is 4.47. The fourth-order valence-electron chi connectivity index (χ4n) is 3.36. The average molecular weight is 466 g/mol. The zero-order valence-corrected chi connectivity index (χ0v) is 18.0. The number of nitrogens with zero attached hydrogens (tertiary/aromatic N) is 4. The highest BCUT2D eigenvalue weighted by Gasteiger charge is 2.19. The van der Waals surface area contributed by atoms with Crippen molar-refractivity contribution in [2.24, 2.45) is 0 Å². The van der Waals surface area contributed by atoms with Gasteiger partial charge >= 0.3 is 5.97 Å². The first-order chi connectivity index (χ1) is 16.3. The molecule has 8 nitrogen and oxygen atoms in total. The van der Waals surface area contributed by atoms with Crippen LogP contribution in [0.25, 0.3) is 11.4 Å². The predicted octanol–water partition coefficient (Wildman–Crippen LogP) is 4.45. The zero-order chi connectivity index (χ0) is 24.4. The molecule has 4 rings (SSSR count). The van der Waals surface area contributed by atoms with Crippen LogP contribution in [-0.2, 0) is 11.3 Å². The Balaban J connectivity index is 1.65. The SMILES string of the molecule is COC(=O)c1cc(Nc2ccc(-c3nc(C)c[nH]3)c(C#N)c2)nn1Cc1cc(F)c(F)c(F)c1. The van der Waals surface area contributed by atoms with Gasteiger partial charge in [-0.15, -0.1) is 0 Å². The van der Waals surface area contributed by atoms with E-state index in [1.807, 2.05) is 6.92 Å². The normalized spacial score (nSPS) is 10.7. The molecule has 0 amide bonds. The smallest absolute Gasteiger partial charge is 0.356 e. The van der Waals surface area contributed by atoms with Crippen LogP contribution in [0, 0.1) is 35.7 Å². The molecule has 11 heteroatoms. The van der Waals surface area contributed by atoms with E-state index in [2.05, 4.69) is 26.5 Å². The third-order valence-electron chi connectivity index (χ3n) is 4.92. The lowest BCUT2D eigenvalue weighted by Crippen LogP contribution is -2.13. The van der Waals surface area contributed by atoms with Crippen molar-refractivity contribution in [2.75, 3.05) is 12.4 Å². The first-order valence-corrected chi connectivity index (χ1v) is 9.92. The second-order valence-corrected chi connectivity index (χ2v) is 7.33. The molecule has 0 atom stereocenters. The van der Waals surface area contributed by atoms with Crippen molar-refractivity contribution in [1.29, 1.82) is 5.26 Å². The molecule has 34 heavy (non-hydrogen) atoms. The second kappa shape index (κ2) is 9.11. The van der Waals surface area contributed by atoms with Gasteiger partial charge in [0.15, 0.2) is 23.3 Å². The molecule has 2 aromatic heterocycles. The number of anilines is 2. The Bertz CT molecular complexity index is 1410. The Morgan fingerprint density at radius 2 is 1.94 bits per heavy atom. The quantitative estimate of drug-likeness (QED) is 0.321. The summed E-state index contributed by atoms with van der Waals surface area (Å²) in [4.78, 5) is 19.5. The van der Waals surface area contributed by atoms with Crippen LogP contribution >= 0.6 is 0 Å². The van der Waals surface area contributed by atoms with Gasteiger partial charge in [-0.05, 0) is 42.8 Å². The number of carbonyl (C=O) groups excluding carboxylic acids is 1. The number of aromatic amines is 1. The number of hydrogen-bond acceptors (Lipinski definition) is 6. The predicted molar refractivity (Wildman–Crippen MR) is 116 cm³/mol. The summed E-state index contributed by atoms with van der Waals surface area (Å²) < 4.78 is 46.4. The number of carbonyl (C=O) groups is 1. The standard InChI is InChI=1S/C23H17F3N6O2/c1-12-10-28-22(29-12)16-4-3-15(7-14(16)9-27)30-20-8-19(23(33)34-2)32(31-20)11-13-5-17(24)21(26)18(25)6-13/h3-8,10H,11H2,1-2H3,(H,28,29)(H,30,31). The van der Waals surface area contributed by atoms with E-state index in [1.54, 1.807) is 24.4 Å². The van der Waals surface area contributed by atoms with Crippen LogP contribution in [-0.4, -0.2) is 32.8 Å². The summed E-state index contributed by atoms with van der Waals surface area (Å²) in [5.74, 6) is -4.25. The second-order valence-electron chi connectivity index (χ2n) is 7.33. The maximum atomic E-state index is 13.6. The summed E-state index contributed by atoms with van der Waals surface area (Å²) in [7, 11) is 1.18. The molecule has 2 heterocycles. The molecule has 0 saturated heterocycles. The highest BCUT2D eigenvalue weighted by Crippen LogP contribution is 2.26. The number of nitrogens with one attached hydrogen (secondary N) is 2. The number of halogens is 3. The molecular formula is C23H17F3N6O2. The van der Waals surface area contributed by atoms with E-state index in [4.69, 9.17) is 4.74 Å². The molecule has 2 aromatic carbocycles. The van der Waals surface area contributed by atoms with E-state index in [0.717, 1.165) is 17.8 Å². The van der Waals surface area contributed by atoms with Crippen molar-refractivity contribution in [3.05, 3.63) is 82.6 Å². The van der Waals surface area contributed by atoms with Gasteiger partial charge in [0, 0.05) is 23.5 Å². The molecule has 0 radical (unpaired) electrons. The van der Waals surface area contributed by atoms with E-state index in [1.165, 1.54) is 17.9 Å². The molecule has 0 fully saturated rings. The van der Waals surface area contributed by atoms with E-state index >= 15 is 0 Å². The van der Waals surface area contributed by atoms with Gasteiger partial charge in [0.25, 0.3) is 0 Å². The van der Waals surface area contributed by atoms with Gasteiger partial charge in [-0.25, -0.2) is 22.9 Å². The van der Waals surface area contributed by atoms with Crippen LogP contribution in [0.3, 0.4) is 0 Å². The lowest BCUT2D eigenvalue weighted by Gasteiger charge is -2.08. The number of methoxy groups -OCH3 is 1. The van der Waals surface area contributed by atoms with Crippen LogP contribution in [0.15, 0.2) is 42.6 Å². The molecule has 0 bridgehead atoms. The number of aryl methyl sites for hydroxylation is 1. The fraction of sp³-hybridized carbons (Fsp3) is 0.130. The number of rotatable bonds is 6. The van der Waals surface area contributed by atoms with Gasteiger partial charge in [-0.1, -0.05) is 0 Å². The molecule has 0 aliphatic heterocycles. The molecule has 0 saturated carbocycles. The molecule has 2 N–H and O–H groups in total. The minimum Gasteiger partial charge on any atom is -0.464 e. The van der Waals surface area contributed by atoms with Gasteiger partial charge < -0.3 is 15.0 Å². The van der Waals surface area contributed by atoms with Crippen molar-refractivity contribution in [3.8, 4) is 17.5 Å². The molecule has 0 aliphatic carbocycles. The van der Waals surface area contributed by atoms with Gasteiger partial charge in [0.2, 0.25) is 0 Å². The number of nitriles is 1. The number of aromatic nitrogens is 4. The fourth-order valence-corrected chi connectivity index (χ4v) is 3.36. The number of benzene rings is 2. The molecule has 0 unspecified atom stereocenters. The third-order valence-corrected chi connectivity index (χ3v) is 4.92. The molecule has 172 valence electrons. The molecule has 4 aromatic rings. The van der Waals surface area contributed by atoms with Gasteiger partial charge in [-0.2, -0.15) is 10.4 Å². The topological polar surface area (TPSA) is 109 Å². The molecule has 0 spiro atoms. The van der Waals surface area contributed by atoms with Gasteiger partial charge in [0.05, 0.1) is 31.0 Å². The van der Waals surface area contributed by atoms with Crippen LogP contribution < -0.4 is 5.32 Å². The number of H-pyrrole nitrogens is 1. The minimum absolute atomic E-state index is 0.00155. The molecule has 0 aliphatic rings. The van der Waals surface area contributed by atoms with Gasteiger partial charge in [0.1, 0.15) is 11.5 Å². The van der Waals surface area contributed by atoms with Crippen molar-refractivity contribution in [1.82, 2.24) is 19.7 Å². The lowest BCUT2D eigenvalue weighted by molar-refractivity contribution is 0.0587. The highest BCUT2D eigenvalue weighted by molar-refractivity contribution is 5.88. The Kier molecular flexibility index (Phi) is 6.05. The summed E-state index contributed by atoms with van der Waals surface area (Å²) in [6.45, 7) is 1.60. The minimum atomic E-state index is -1.58. The Morgan fingerprint density at radius 1 is 1.21 bits per heavy atom. The maximum absolute atomic E-state index is 13.6. The van der Waals surface area contributed by atoms with Crippen LogP contribution in [0.2, 0.25) is 0 Å².